The smallest absolute Gasteiger partial charge is 0.305 e. The number of rotatable bonds is 7. The van der Waals surface area contributed by atoms with Crippen LogP contribution in [0.5, 0.6) is 0 Å². The van der Waals surface area contributed by atoms with E-state index < -0.39 is 0 Å². The summed E-state index contributed by atoms with van der Waals surface area (Å²) in [6, 6.07) is 0.558. The zero-order chi connectivity index (χ0) is 10.1. The summed E-state index contributed by atoms with van der Waals surface area (Å²) in [5.74, 6) is -0.120. The number of nitrogens with one attached hydrogen (secondary N) is 1. The van der Waals surface area contributed by atoms with Gasteiger partial charge in [0.2, 0.25) is 0 Å². The monoisotopic (exact) mass is 187 g/mol. The average molecular weight is 187 g/mol. The normalized spacial score (nSPS) is 12.5. The Balaban J connectivity index is 3.20. The van der Waals surface area contributed by atoms with Gasteiger partial charge in [0.1, 0.15) is 0 Å². The van der Waals surface area contributed by atoms with Gasteiger partial charge < -0.3 is 10.1 Å². The summed E-state index contributed by atoms with van der Waals surface area (Å²) in [4.78, 5) is 10.7. The van der Waals surface area contributed by atoms with E-state index in [-0.39, 0.29) is 5.97 Å². The van der Waals surface area contributed by atoms with Crippen LogP contribution < -0.4 is 5.32 Å². The van der Waals surface area contributed by atoms with Gasteiger partial charge in [-0.15, -0.1) is 0 Å². The van der Waals surface area contributed by atoms with Gasteiger partial charge in [0.15, 0.2) is 0 Å². The number of methoxy groups -OCH3 is 1. The molecule has 0 aliphatic heterocycles. The van der Waals surface area contributed by atoms with Gasteiger partial charge in [-0.1, -0.05) is 13.3 Å². The molecule has 0 aromatic carbocycles. The maximum atomic E-state index is 10.7. The third-order valence-electron chi connectivity index (χ3n) is 2.00. The molecule has 0 saturated heterocycles. The molecule has 0 aromatic rings. The molecule has 13 heavy (non-hydrogen) atoms. The van der Waals surface area contributed by atoms with E-state index in [1.807, 2.05) is 0 Å². The zero-order valence-electron chi connectivity index (χ0n) is 8.93. The summed E-state index contributed by atoms with van der Waals surface area (Å²) in [7, 11) is 1.43. The number of esters is 1. The zero-order valence-corrected chi connectivity index (χ0v) is 8.93. The molecule has 0 aromatic heterocycles. The van der Waals surface area contributed by atoms with Gasteiger partial charge in [0, 0.05) is 12.5 Å². The van der Waals surface area contributed by atoms with E-state index in [1.165, 1.54) is 20.0 Å². The second-order valence-electron chi connectivity index (χ2n) is 3.32. The molecule has 0 radical (unpaired) electrons. The van der Waals surface area contributed by atoms with Gasteiger partial charge in [-0.3, -0.25) is 4.79 Å². The van der Waals surface area contributed by atoms with Crippen LogP contribution in [0.2, 0.25) is 0 Å². The van der Waals surface area contributed by atoms with Crippen molar-refractivity contribution in [3.63, 3.8) is 0 Å². The lowest BCUT2D eigenvalue weighted by Crippen LogP contribution is -2.27. The molecule has 1 N–H and O–H groups in total. The van der Waals surface area contributed by atoms with E-state index >= 15 is 0 Å². The molecule has 78 valence electrons. The van der Waals surface area contributed by atoms with Gasteiger partial charge >= 0.3 is 5.97 Å². The fourth-order valence-electron chi connectivity index (χ4n) is 1.22. The van der Waals surface area contributed by atoms with E-state index in [4.69, 9.17) is 0 Å². The number of carbonyl (C=O) groups excluding carboxylic acids is 1. The molecule has 1 unspecified atom stereocenters. The molecule has 0 aliphatic carbocycles. The molecule has 0 aliphatic rings. The van der Waals surface area contributed by atoms with Gasteiger partial charge in [-0.2, -0.15) is 0 Å². The van der Waals surface area contributed by atoms with Crippen molar-refractivity contribution < 1.29 is 9.53 Å². The van der Waals surface area contributed by atoms with Crippen LogP contribution in [0.3, 0.4) is 0 Å². The highest BCUT2D eigenvalue weighted by molar-refractivity contribution is 5.69. The molecule has 0 heterocycles. The van der Waals surface area contributed by atoms with Gasteiger partial charge in [-0.25, -0.2) is 0 Å². The van der Waals surface area contributed by atoms with Crippen molar-refractivity contribution in [1.29, 1.82) is 0 Å². The molecule has 0 rings (SSSR count). The quantitative estimate of drug-likeness (QED) is 0.487. The fourth-order valence-corrected chi connectivity index (χ4v) is 1.22. The second-order valence-corrected chi connectivity index (χ2v) is 3.32. The summed E-state index contributed by atoms with van der Waals surface area (Å²) in [5, 5.41) is 3.36. The second kappa shape index (κ2) is 8.05. The molecule has 0 amide bonds. The number of hydrogen-bond donors (Lipinski definition) is 1. The predicted molar refractivity (Wildman–Crippen MR) is 53.6 cm³/mol. The number of ether oxygens (including phenoxy) is 1. The van der Waals surface area contributed by atoms with Gasteiger partial charge in [0.05, 0.1) is 7.11 Å². The Morgan fingerprint density at radius 1 is 1.54 bits per heavy atom. The van der Waals surface area contributed by atoms with Crippen molar-refractivity contribution in [3.05, 3.63) is 0 Å². The van der Waals surface area contributed by atoms with Crippen LogP contribution in [-0.2, 0) is 9.53 Å². The summed E-state index contributed by atoms with van der Waals surface area (Å²) < 4.78 is 4.54. The number of hydrogen-bond acceptors (Lipinski definition) is 3. The maximum absolute atomic E-state index is 10.7. The first kappa shape index (κ1) is 12.4. The summed E-state index contributed by atoms with van der Waals surface area (Å²) in [6.07, 6.45) is 3.77. The van der Waals surface area contributed by atoms with Crippen LogP contribution in [-0.4, -0.2) is 25.7 Å². The first-order valence-electron chi connectivity index (χ1n) is 5.00. The van der Waals surface area contributed by atoms with E-state index in [2.05, 4.69) is 23.9 Å². The first-order valence-corrected chi connectivity index (χ1v) is 5.00. The summed E-state index contributed by atoms with van der Waals surface area (Å²) in [6.45, 7) is 5.24. The summed E-state index contributed by atoms with van der Waals surface area (Å²) >= 11 is 0. The Kier molecular flexibility index (Phi) is 7.69. The van der Waals surface area contributed by atoms with Crippen molar-refractivity contribution in [2.75, 3.05) is 13.7 Å². The third-order valence-corrected chi connectivity index (χ3v) is 2.00. The molecular formula is C10H21NO2. The minimum atomic E-state index is -0.120. The molecule has 0 fully saturated rings. The lowest BCUT2D eigenvalue weighted by molar-refractivity contribution is -0.140. The van der Waals surface area contributed by atoms with Crippen LogP contribution in [0.25, 0.3) is 0 Å². The standard InChI is InChI=1S/C10H21NO2/c1-4-6-9(2)11-8-5-7-10(12)13-3/h9,11H,4-8H2,1-3H3. The van der Waals surface area contributed by atoms with Crippen molar-refractivity contribution in [1.82, 2.24) is 5.32 Å². The molecule has 0 spiro atoms. The minimum Gasteiger partial charge on any atom is -0.469 e. The lowest BCUT2D eigenvalue weighted by Gasteiger charge is -2.11. The molecule has 3 nitrogen and oxygen atoms in total. The largest absolute Gasteiger partial charge is 0.469 e. The van der Waals surface area contributed by atoms with Crippen LogP contribution >= 0.6 is 0 Å². The Hall–Kier alpha value is -0.570. The lowest BCUT2D eigenvalue weighted by atomic mass is 10.2. The van der Waals surface area contributed by atoms with Gasteiger partial charge in [0.25, 0.3) is 0 Å². The topological polar surface area (TPSA) is 38.3 Å². The van der Waals surface area contributed by atoms with Crippen molar-refractivity contribution in [3.8, 4) is 0 Å². The van der Waals surface area contributed by atoms with E-state index in [1.54, 1.807) is 0 Å². The minimum absolute atomic E-state index is 0.120. The van der Waals surface area contributed by atoms with Crippen molar-refractivity contribution >= 4 is 5.97 Å². The van der Waals surface area contributed by atoms with Crippen LogP contribution in [0.15, 0.2) is 0 Å². The van der Waals surface area contributed by atoms with Gasteiger partial charge in [-0.05, 0) is 26.3 Å². The van der Waals surface area contributed by atoms with E-state index in [9.17, 15) is 4.79 Å². The summed E-state index contributed by atoms with van der Waals surface area (Å²) in [5.41, 5.74) is 0. The first-order chi connectivity index (χ1) is 6.20. The maximum Gasteiger partial charge on any atom is 0.305 e. The highest BCUT2D eigenvalue weighted by Crippen LogP contribution is 1.96. The highest BCUT2D eigenvalue weighted by atomic mass is 16.5. The van der Waals surface area contributed by atoms with Crippen molar-refractivity contribution in [2.45, 2.75) is 45.6 Å². The Morgan fingerprint density at radius 3 is 2.77 bits per heavy atom. The Morgan fingerprint density at radius 2 is 2.23 bits per heavy atom. The molecule has 0 saturated carbocycles. The number of carbonyl (C=O) groups is 1. The molecule has 3 heteroatoms. The van der Waals surface area contributed by atoms with Crippen molar-refractivity contribution in [2.24, 2.45) is 0 Å². The van der Waals surface area contributed by atoms with Crippen LogP contribution in [0, 0.1) is 0 Å². The molecular weight excluding hydrogens is 166 g/mol. The molecule has 1 atom stereocenters. The van der Waals surface area contributed by atoms with Crippen LogP contribution in [0.4, 0.5) is 0 Å². The Labute approximate surface area is 80.8 Å². The SMILES string of the molecule is CCCC(C)NCCCC(=O)OC. The van der Waals surface area contributed by atoms with Crippen LogP contribution in [0.1, 0.15) is 39.5 Å². The average Bonchev–Trinajstić information content (AvgIpc) is 2.12. The third kappa shape index (κ3) is 7.78. The highest BCUT2D eigenvalue weighted by Gasteiger charge is 2.01. The fraction of sp³-hybridized carbons (Fsp3) is 0.900. The van der Waals surface area contributed by atoms with E-state index in [0.717, 1.165) is 13.0 Å². The predicted octanol–water partition coefficient (Wildman–Crippen LogP) is 1.72. The van der Waals surface area contributed by atoms with E-state index in [0.29, 0.717) is 12.5 Å². The Bertz CT molecular complexity index is 137. The molecule has 0 bridgehead atoms.